The van der Waals surface area contributed by atoms with Gasteiger partial charge in [-0.05, 0) is 30.3 Å². The van der Waals surface area contributed by atoms with E-state index in [-0.39, 0.29) is 0 Å². The summed E-state index contributed by atoms with van der Waals surface area (Å²) in [6.45, 7) is -1.17. The lowest BCUT2D eigenvalue weighted by Crippen LogP contribution is -2.20. The normalized spacial score (nSPS) is 10.6. The van der Waals surface area contributed by atoms with Crippen LogP contribution in [0.2, 0.25) is 5.02 Å². The van der Waals surface area contributed by atoms with Crippen molar-refractivity contribution in [2.24, 2.45) is 0 Å². The van der Waals surface area contributed by atoms with Gasteiger partial charge in [-0.2, -0.15) is 0 Å². The number of carbonyl (C=O) groups excluding carboxylic acids is 2. The van der Waals surface area contributed by atoms with E-state index in [0.29, 0.717) is 10.8 Å². The first kappa shape index (κ1) is 18.8. The molecule has 0 aromatic heterocycles. The van der Waals surface area contributed by atoms with Crippen molar-refractivity contribution < 1.29 is 27.8 Å². The Bertz CT molecular complexity index is 1020. The Labute approximate surface area is 158 Å². The third kappa shape index (κ3) is 4.41. The Balaban J connectivity index is 1.60. The maximum absolute atomic E-state index is 13.5. The lowest BCUT2D eigenvalue weighted by molar-refractivity contribution is -0.144. The third-order valence-corrected chi connectivity index (χ3v) is 4.10. The molecule has 27 heavy (non-hydrogen) atoms. The van der Waals surface area contributed by atoms with Gasteiger partial charge in [0.25, 0.3) is 0 Å². The molecule has 4 nitrogen and oxygen atoms in total. The van der Waals surface area contributed by atoms with E-state index in [2.05, 4.69) is 0 Å². The SMILES string of the molecule is O=C(COc1ccc(Cl)c2ccccc12)OCC(=O)c1cc(F)ccc1F. The second-order valence-electron chi connectivity index (χ2n) is 5.59. The molecule has 0 bridgehead atoms. The highest BCUT2D eigenvalue weighted by Gasteiger charge is 2.16. The first-order valence-electron chi connectivity index (χ1n) is 7.89. The van der Waals surface area contributed by atoms with Crippen molar-refractivity contribution in [3.05, 3.63) is 76.8 Å². The number of hydrogen-bond acceptors (Lipinski definition) is 4. The van der Waals surface area contributed by atoms with Crippen LogP contribution < -0.4 is 4.74 Å². The number of ether oxygens (including phenoxy) is 2. The second kappa shape index (κ2) is 8.14. The highest BCUT2D eigenvalue weighted by atomic mass is 35.5. The fourth-order valence-corrected chi connectivity index (χ4v) is 2.70. The van der Waals surface area contributed by atoms with Gasteiger partial charge < -0.3 is 9.47 Å². The van der Waals surface area contributed by atoms with Crippen LogP contribution in [0.1, 0.15) is 10.4 Å². The van der Waals surface area contributed by atoms with Crippen molar-refractivity contribution in [2.45, 2.75) is 0 Å². The van der Waals surface area contributed by atoms with Crippen LogP contribution in [0.5, 0.6) is 5.75 Å². The number of ketones is 1. The van der Waals surface area contributed by atoms with Crippen molar-refractivity contribution in [1.82, 2.24) is 0 Å². The number of Topliss-reactive ketones (excluding diaryl/α,β-unsaturated/α-hetero) is 1. The van der Waals surface area contributed by atoms with E-state index in [4.69, 9.17) is 21.1 Å². The fourth-order valence-electron chi connectivity index (χ4n) is 2.47. The van der Waals surface area contributed by atoms with Gasteiger partial charge in [0.05, 0.1) is 5.56 Å². The van der Waals surface area contributed by atoms with Gasteiger partial charge in [-0.25, -0.2) is 13.6 Å². The number of benzene rings is 3. The maximum Gasteiger partial charge on any atom is 0.344 e. The standard InChI is InChI=1S/C20H13ClF2O4/c21-16-6-8-19(14-4-2-1-3-13(14)16)26-11-20(25)27-10-18(24)15-9-12(22)5-7-17(15)23/h1-9H,10-11H2. The first-order chi connectivity index (χ1) is 13.0. The molecule has 0 atom stereocenters. The number of fused-ring (bicyclic) bond motifs is 1. The number of hydrogen-bond donors (Lipinski definition) is 0. The molecule has 0 saturated heterocycles. The van der Waals surface area contributed by atoms with Crippen LogP contribution in [0.15, 0.2) is 54.6 Å². The predicted octanol–water partition coefficient (Wildman–Crippen LogP) is 4.58. The van der Waals surface area contributed by atoms with Crippen LogP contribution in [-0.4, -0.2) is 25.0 Å². The minimum Gasteiger partial charge on any atom is -0.481 e. The van der Waals surface area contributed by atoms with Gasteiger partial charge in [-0.1, -0.05) is 35.9 Å². The van der Waals surface area contributed by atoms with Crippen LogP contribution in [0.3, 0.4) is 0 Å². The molecule has 7 heteroatoms. The molecule has 0 amide bonds. The molecular formula is C20H13ClF2O4. The molecule has 0 N–H and O–H groups in total. The van der Waals surface area contributed by atoms with E-state index in [1.807, 2.05) is 12.1 Å². The van der Waals surface area contributed by atoms with Gasteiger partial charge in [0.2, 0.25) is 5.78 Å². The Hall–Kier alpha value is -2.99. The molecule has 138 valence electrons. The van der Waals surface area contributed by atoms with E-state index in [0.717, 1.165) is 29.0 Å². The van der Waals surface area contributed by atoms with Gasteiger partial charge in [-0.15, -0.1) is 0 Å². The molecule has 0 fully saturated rings. The highest BCUT2D eigenvalue weighted by molar-refractivity contribution is 6.35. The minimum atomic E-state index is -0.888. The minimum absolute atomic E-state index is 0.425. The Morgan fingerprint density at radius 1 is 0.926 bits per heavy atom. The van der Waals surface area contributed by atoms with Crippen LogP contribution in [-0.2, 0) is 9.53 Å². The van der Waals surface area contributed by atoms with Crippen LogP contribution in [0, 0.1) is 11.6 Å². The fraction of sp³-hybridized carbons (Fsp3) is 0.100. The summed E-state index contributed by atoms with van der Waals surface area (Å²) in [4.78, 5) is 23.7. The lowest BCUT2D eigenvalue weighted by atomic mass is 10.1. The smallest absolute Gasteiger partial charge is 0.344 e. The second-order valence-corrected chi connectivity index (χ2v) is 6.00. The predicted molar refractivity (Wildman–Crippen MR) is 96.1 cm³/mol. The zero-order chi connectivity index (χ0) is 19.4. The van der Waals surface area contributed by atoms with E-state index in [1.165, 1.54) is 0 Å². The zero-order valence-corrected chi connectivity index (χ0v) is 14.6. The van der Waals surface area contributed by atoms with Crippen molar-refractivity contribution in [3.63, 3.8) is 0 Å². The molecule has 0 aliphatic carbocycles. The van der Waals surface area contributed by atoms with Crippen molar-refractivity contribution in [2.75, 3.05) is 13.2 Å². The summed E-state index contributed by atoms with van der Waals surface area (Å²) in [7, 11) is 0. The van der Waals surface area contributed by atoms with Gasteiger partial charge in [-0.3, -0.25) is 4.79 Å². The number of carbonyl (C=O) groups is 2. The zero-order valence-electron chi connectivity index (χ0n) is 13.9. The molecule has 3 aromatic rings. The highest BCUT2D eigenvalue weighted by Crippen LogP contribution is 2.31. The van der Waals surface area contributed by atoms with Crippen molar-refractivity contribution in [3.8, 4) is 5.75 Å². The van der Waals surface area contributed by atoms with E-state index in [1.54, 1.807) is 24.3 Å². The molecule has 0 heterocycles. The molecular weight excluding hydrogens is 378 g/mol. The van der Waals surface area contributed by atoms with Crippen LogP contribution >= 0.6 is 11.6 Å². The maximum atomic E-state index is 13.5. The van der Waals surface area contributed by atoms with E-state index in [9.17, 15) is 18.4 Å². The summed E-state index contributed by atoms with van der Waals surface area (Å²) in [6.07, 6.45) is 0. The lowest BCUT2D eigenvalue weighted by Gasteiger charge is -2.10. The van der Waals surface area contributed by atoms with Crippen molar-refractivity contribution >= 4 is 34.1 Å². The third-order valence-electron chi connectivity index (χ3n) is 3.77. The summed E-state index contributed by atoms with van der Waals surface area (Å²) in [5, 5.41) is 2.03. The molecule has 0 aliphatic heterocycles. The van der Waals surface area contributed by atoms with E-state index >= 15 is 0 Å². The molecule has 0 aliphatic rings. The Kier molecular flexibility index (Phi) is 5.66. The summed E-state index contributed by atoms with van der Waals surface area (Å²) < 4.78 is 36.9. The quantitative estimate of drug-likeness (QED) is 0.457. The summed E-state index contributed by atoms with van der Waals surface area (Å²) in [5.41, 5.74) is -0.479. The van der Waals surface area contributed by atoms with Crippen molar-refractivity contribution in [1.29, 1.82) is 0 Å². The van der Waals surface area contributed by atoms with Crippen LogP contribution in [0.25, 0.3) is 10.8 Å². The molecule has 0 saturated carbocycles. The summed E-state index contributed by atoms with van der Waals surface area (Å²) in [6, 6.07) is 13.0. The number of halogens is 3. The summed E-state index contributed by atoms with van der Waals surface area (Å²) >= 11 is 6.12. The largest absolute Gasteiger partial charge is 0.481 e. The van der Waals surface area contributed by atoms with Gasteiger partial charge in [0, 0.05) is 15.8 Å². The Morgan fingerprint density at radius 3 is 2.44 bits per heavy atom. The average Bonchev–Trinajstić information content (AvgIpc) is 2.67. The van der Waals surface area contributed by atoms with Gasteiger partial charge in [0.15, 0.2) is 13.2 Å². The van der Waals surface area contributed by atoms with Gasteiger partial charge >= 0.3 is 5.97 Å². The van der Waals surface area contributed by atoms with Crippen LogP contribution in [0.4, 0.5) is 8.78 Å². The van der Waals surface area contributed by atoms with Gasteiger partial charge in [0.1, 0.15) is 17.4 Å². The topological polar surface area (TPSA) is 52.6 Å². The van der Waals surface area contributed by atoms with E-state index < -0.39 is 42.2 Å². The first-order valence-corrected chi connectivity index (χ1v) is 8.27. The Morgan fingerprint density at radius 2 is 1.67 bits per heavy atom. The molecule has 0 unspecified atom stereocenters. The molecule has 3 rings (SSSR count). The molecule has 0 spiro atoms. The molecule has 0 radical (unpaired) electrons. The number of rotatable bonds is 6. The summed E-state index contributed by atoms with van der Waals surface area (Å²) in [5.74, 6) is -2.89. The average molecular weight is 391 g/mol. The monoisotopic (exact) mass is 390 g/mol. The number of esters is 1. The molecule has 3 aromatic carbocycles.